The third-order valence-electron chi connectivity index (χ3n) is 4.33. The van der Waals surface area contributed by atoms with E-state index in [0.717, 1.165) is 23.8 Å². The number of esters is 1. The highest BCUT2D eigenvalue weighted by Gasteiger charge is 2.24. The number of thioether (sulfide) groups is 1. The highest BCUT2D eigenvalue weighted by atomic mass is 32.2. The molecule has 4 rings (SSSR count). The van der Waals surface area contributed by atoms with E-state index in [1.54, 1.807) is 23.1 Å². The van der Waals surface area contributed by atoms with Crippen LogP contribution in [0.5, 0.6) is 0 Å². The van der Waals surface area contributed by atoms with E-state index in [0.29, 0.717) is 23.9 Å². The first-order chi connectivity index (χ1) is 13.2. The predicted molar refractivity (Wildman–Crippen MR) is 106 cm³/mol. The van der Waals surface area contributed by atoms with Gasteiger partial charge in [0, 0.05) is 16.7 Å². The van der Waals surface area contributed by atoms with Gasteiger partial charge in [-0.05, 0) is 36.3 Å². The van der Waals surface area contributed by atoms with Crippen LogP contribution >= 0.6 is 23.1 Å². The zero-order chi connectivity index (χ0) is 18.6. The number of carbonyl (C=O) groups excluding carboxylic acids is 2. The predicted octanol–water partition coefficient (Wildman–Crippen LogP) is 4.47. The molecule has 0 bridgehead atoms. The van der Waals surface area contributed by atoms with Crippen molar-refractivity contribution < 1.29 is 18.7 Å². The monoisotopic (exact) mass is 401 g/mol. The Morgan fingerprint density at radius 1 is 1.22 bits per heavy atom. The maximum atomic E-state index is 12.6. The van der Waals surface area contributed by atoms with Gasteiger partial charge in [0.05, 0.1) is 10.8 Å². The molecular weight excluding hydrogens is 382 g/mol. The number of nitrogens with one attached hydrogen (secondary N) is 1. The van der Waals surface area contributed by atoms with Crippen molar-refractivity contribution in [2.75, 3.05) is 13.2 Å². The lowest BCUT2D eigenvalue weighted by Crippen LogP contribution is -2.31. The van der Waals surface area contributed by atoms with Crippen LogP contribution in [0.4, 0.5) is 0 Å². The molecule has 1 fully saturated rings. The molecule has 1 N–H and O–H groups in total. The minimum absolute atomic E-state index is 0.153. The second-order valence-corrected chi connectivity index (χ2v) is 8.66. The molecule has 0 radical (unpaired) electrons. The molecule has 2 heterocycles. The fourth-order valence-corrected chi connectivity index (χ4v) is 4.51. The number of amides is 1. The molecule has 0 saturated heterocycles. The molecule has 27 heavy (non-hydrogen) atoms. The van der Waals surface area contributed by atoms with Crippen LogP contribution in [0.25, 0.3) is 11.0 Å². The van der Waals surface area contributed by atoms with E-state index in [9.17, 15) is 9.59 Å². The van der Waals surface area contributed by atoms with Crippen LogP contribution in [0.2, 0.25) is 0 Å². The zero-order valence-electron chi connectivity index (χ0n) is 14.6. The number of hydrogen-bond donors (Lipinski definition) is 1. The van der Waals surface area contributed by atoms with Gasteiger partial charge >= 0.3 is 5.97 Å². The fraction of sp³-hybridized carbons (Fsp3) is 0.300. The summed E-state index contributed by atoms with van der Waals surface area (Å²) in [6.45, 7) is 0.294. The molecule has 2 aromatic heterocycles. The number of benzene rings is 1. The van der Waals surface area contributed by atoms with Crippen molar-refractivity contribution in [2.24, 2.45) is 5.92 Å². The number of para-hydroxylation sites is 1. The van der Waals surface area contributed by atoms with Crippen LogP contribution in [-0.4, -0.2) is 25.0 Å². The molecule has 0 spiro atoms. The molecule has 0 atom stereocenters. The Morgan fingerprint density at radius 3 is 2.85 bits per heavy atom. The van der Waals surface area contributed by atoms with Gasteiger partial charge in [-0.25, -0.2) is 0 Å². The molecule has 1 aliphatic rings. The molecule has 0 unspecified atom stereocenters. The van der Waals surface area contributed by atoms with E-state index in [-0.39, 0.29) is 12.3 Å². The molecule has 1 amide bonds. The molecule has 0 aliphatic heterocycles. The van der Waals surface area contributed by atoms with Crippen molar-refractivity contribution >= 4 is 45.9 Å². The number of ether oxygens (including phenoxy) is 1. The zero-order valence-corrected chi connectivity index (χ0v) is 16.2. The van der Waals surface area contributed by atoms with Crippen molar-refractivity contribution in [1.82, 2.24) is 5.32 Å². The van der Waals surface area contributed by atoms with Crippen LogP contribution in [0.1, 0.15) is 29.0 Å². The van der Waals surface area contributed by atoms with Gasteiger partial charge in [-0.15, -0.1) is 23.1 Å². The number of hydrogen-bond acceptors (Lipinski definition) is 6. The van der Waals surface area contributed by atoms with Gasteiger partial charge in [-0.1, -0.05) is 24.3 Å². The van der Waals surface area contributed by atoms with Gasteiger partial charge < -0.3 is 14.5 Å². The third-order valence-corrected chi connectivity index (χ3v) is 6.49. The van der Waals surface area contributed by atoms with Crippen molar-refractivity contribution in [3.63, 3.8) is 0 Å². The average Bonchev–Trinajstić information content (AvgIpc) is 3.22. The Bertz CT molecular complexity index is 944. The Morgan fingerprint density at radius 2 is 2.07 bits per heavy atom. The molecule has 1 aromatic carbocycles. The van der Waals surface area contributed by atoms with E-state index in [2.05, 4.69) is 5.32 Å². The first kappa shape index (κ1) is 18.1. The standard InChI is InChI=1S/C20H19NO4S2/c22-17(24-11-13-7-8-13)10-21-20(23)19-15(12-27-18-6-3-9-26-18)14-4-1-2-5-16(14)25-19/h1-6,9,13H,7-8,10-12H2,(H,21,23). The van der Waals surface area contributed by atoms with Gasteiger partial charge in [0.1, 0.15) is 12.1 Å². The second kappa shape index (κ2) is 8.19. The van der Waals surface area contributed by atoms with Crippen molar-refractivity contribution in [3.8, 4) is 0 Å². The van der Waals surface area contributed by atoms with Gasteiger partial charge in [0.15, 0.2) is 5.76 Å². The molecular formula is C20H19NO4S2. The molecule has 1 saturated carbocycles. The van der Waals surface area contributed by atoms with Crippen molar-refractivity contribution in [3.05, 3.63) is 53.1 Å². The lowest BCUT2D eigenvalue weighted by Gasteiger charge is -2.06. The highest BCUT2D eigenvalue weighted by molar-refractivity contribution is 8.00. The number of rotatable bonds is 8. The van der Waals surface area contributed by atoms with Gasteiger partial charge in [-0.2, -0.15) is 0 Å². The molecule has 7 heteroatoms. The van der Waals surface area contributed by atoms with Crippen LogP contribution in [0, 0.1) is 5.92 Å². The summed E-state index contributed by atoms with van der Waals surface area (Å²) in [6, 6.07) is 11.6. The first-order valence-corrected chi connectivity index (χ1v) is 10.7. The van der Waals surface area contributed by atoms with Crippen LogP contribution in [0.3, 0.4) is 0 Å². The van der Waals surface area contributed by atoms with Gasteiger partial charge in [-0.3, -0.25) is 9.59 Å². The SMILES string of the molecule is O=C(CNC(=O)c1oc2ccccc2c1CSc1cccs1)OCC1CC1. The van der Waals surface area contributed by atoms with E-state index in [4.69, 9.17) is 9.15 Å². The van der Waals surface area contributed by atoms with Crippen molar-refractivity contribution in [2.45, 2.75) is 22.8 Å². The van der Waals surface area contributed by atoms with Crippen molar-refractivity contribution in [1.29, 1.82) is 0 Å². The summed E-state index contributed by atoms with van der Waals surface area (Å²) in [5, 5.41) is 5.57. The number of thiophene rings is 1. The van der Waals surface area contributed by atoms with Gasteiger partial charge in [0.25, 0.3) is 5.91 Å². The molecule has 140 valence electrons. The lowest BCUT2D eigenvalue weighted by atomic mass is 10.1. The largest absolute Gasteiger partial charge is 0.464 e. The summed E-state index contributed by atoms with van der Waals surface area (Å²) in [7, 11) is 0. The van der Waals surface area contributed by atoms with Crippen LogP contribution in [-0.2, 0) is 15.3 Å². The van der Waals surface area contributed by atoms with Gasteiger partial charge in [0.2, 0.25) is 0 Å². The third kappa shape index (κ3) is 4.54. The maximum Gasteiger partial charge on any atom is 0.325 e. The Kier molecular flexibility index (Phi) is 5.50. The lowest BCUT2D eigenvalue weighted by molar-refractivity contribution is -0.142. The summed E-state index contributed by atoms with van der Waals surface area (Å²) in [5.74, 6) is 0.570. The smallest absolute Gasteiger partial charge is 0.325 e. The van der Waals surface area contributed by atoms with E-state index < -0.39 is 11.9 Å². The number of carbonyl (C=O) groups is 2. The topological polar surface area (TPSA) is 68.5 Å². The van der Waals surface area contributed by atoms with E-state index in [1.165, 1.54) is 4.21 Å². The highest BCUT2D eigenvalue weighted by Crippen LogP contribution is 2.33. The first-order valence-electron chi connectivity index (χ1n) is 8.81. The summed E-state index contributed by atoms with van der Waals surface area (Å²) in [6.07, 6.45) is 2.23. The normalized spacial score (nSPS) is 13.6. The maximum absolute atomic E-state index is 12.6. The number of fused-ring (bicyclic) bond motifs is 1. The van der Waals surface area contributed by atoms with E-state index >= 15 is 0 Å². The van der Waals surface area contributed by atoms with Crippen LogP contribution in [0.15, 0.2) is 50.4 Å². The number of furan rings is 1. The summed E-state index contributed by atoms with van der Waals surface area (Å²) in [4.78, 5) is 24.4. The second-order valence-electron chi connectivity index (χ2n) is 6.44. The average molecular weight is 402 g/mol. The summed E-state index contributed by atoms with van der Waals surface area (Å²) >= 11 is 3.32. The minimum Gasteiger partial charge on any atom is -0.464 e. The molecule has 3 aromatic rings. The summed E-state index contributed by atoms with van der Waals surface area (Å²) in [5.41, 5.74) is 1.51. The Labute approximate surface area is 165 Å². The Hall–Kier alpha value is -2.25. The molecule has 1 aliphatic carbocycles. The summed E-state index contributed by atoms with van der Waals surface area (Å²) < 4.78 is 12.1. The Balaban J connectivity index is 1.46. The quantitative estimate of drug-likeness (QED) is 0.445. The molecule has 5 nitrogen and oxygen atoms in total. The van der Waals surface area contributed by atoms with E-state index in [1.807, 2.05) is 41.8 Å². The fourth-order valence-electron chi connectivity index (χ4n) is 2.69. The van der Waals surface area contributed by atoms with Crippen LogP contribution < -0.4 is 5.32 Å². The minimum atomic E-state index is -0.416.